The molecule has 1 aliphatic heterocycles. The molecule has 136 valence electrons. The lowest BCUT2D eigenvalue weighted by molar-refractivity contribution is -0.158. The summed E-state index contributed by atoms with van der Waals surface area (Å²) in [5.74, 6) is -0.123. The number of carbonyl (C=O) groups excluding carboxylic acids is 3. The van der Waals surface area contributed by atoms with E-state index in [-0.39, 0.29) is 24.3 Å². The van der Waals surface area contributed by atoms with E-state index >= 15 is 0 Å². The largest absolute Gasteiger partial charge is 0.452 e. The minimum atomic E-state index is -0.824. The van der Waals surface area contributed by atoms with E-state index in [1.54, 1.807) is 6.92 Å². The van der Waals surface area contributed by atoms with Crippen LogP contribution in [0.5, 0.6) is 0 Å². The van der Waals surface area contributed by atoms with Crippen molar-refractivity contribution in [2.24, 2.45) is 17.8 Å². The van der Waals surface area contributed by atoms with Gasteiger partial charge in [0.2, 0.25) is 5.91 Å². The highest BCUT2D eigenvalue weighted by molar-refractivity contribution is 5.89. The van der Waals surface area contributed by atoms with Crippen molar-refractivity contribution < 1.29 is 19.1 Å². The standard InChI is InChI=1S/C18H30N2O4/c1-5-19-17(22)13(4)24-18(23)14-9-16(21)20(10-14)15-8-6-7-11(2)12(15)3/h11-15H,5-10H2,1-4H3,(H,19,22)/t11-,12-,13-,14+,15+/m0/s1. The number of rotatable bonds is 5. The van der Waals surface area contributed by atoms with E-state index in [2.05, 4.69) is 19.2 Å². The van der Waals surface area contributed by atoms with Crippen LogP contribution in [0.25, 0.3) is 0 Å². The molecule has 6 nitrogen and oxygen atoms in total. The van der Waals surface area contributed by atoms with Crippen molar-refractivity contribution in [3.63, 3.8) is 0 Å². The first kappa shape index (κ1) is 18.7. The summed E-state index contributed by atoms with van der Waals surface area (Å²) < 4.78 is 5.25. The number of esters is 1. The maximum Gasteiger partial charge on any atom is 0.312 e. The van der Waals surface area contributed by atoms with Crippen LogP contribution in [0.15, 0.2) is 0 Å². The maximum absolute atomic E-state index is 12.4. The summed E-state index contributed by atoms with van der Waals surface area (Å²) in [6, 6.07) is 0.222. The van der Waals surface area contributed by atoms with Gasteiger partial charge in [0.15, 0.2) is 6.10 Å². The zero-order chi connectivity index (χ0) is 17.9. The molecule has 1 saturated heterocycles. The van der Waals surface area contributed by atoms with Gasteiger partial charge < -0.3 is 15.0 Å². The molecule has 0 spiro atoms. The van der Waals surface area contributed by atoms with Gasteiger partial charge in [-0.25, -0.2) is 0 Å². The van der Waals surface area contributed by atoms with Gasteiger partial charge in [-0.3, -0.25) is 14.4 Å². The Balaban J connectivity index is 1.94. The molecule has 2 amide bonds. The van der Waals surface area contributed by atoms with Gasteiger partial charge >= 0.3 is 5.97 Å². The zero-order valence-corrected chi connectivity index (χ0v) is 15.2. The fourth-order valence-electron chi connectivity index (χ4n) is 3.85. The highest BCUT2D eigenvalue weighted by Gasteiger charge is 2.42. The van der Waals surface area contributed by atoms with Gasteiger partial charge in [0.1, 0.15) is 0 Å². The monoisotopic (exact) mass is 338 g/mol. The van der Waals surface area contributed by atoms with E-state index < -0.39 is 18.0 Å². The van der Waals surface area contributed by atoms with Crippen molar-refractivity contribution in [3.8, 4) is 0 Å². The Kier molecular flexibility index (Phi) is 6.24. The highest BCUT2D eigenvalue weighted by atomic mass is 16.5. The number of ether oxygens (including phenoxy) is 1. The predicted molar refractivity (Wildman–Crippen MR) is 90.0 cm³/mol. The van der Waals surface area contributed by atoms with E-state index in [4.69, 9.17) is 4.74 Å². The van der Waals surface area contributed by atoms with Crippen molar-refractivity contribution in [1.82, 2.24) is 10.2 Å². The number of likely N-dealkylation sites (tertiary alicyclic amines) is 1. The van der Waals surface area contributed by atoms with Crippen LogP contribution in [0, 0.1) is 17.8 Å². The third-order valence-electron chi connectivity index (χ3n) is 5.57. The maximum atomic E-state index is 12.4. The van der Waals surface area contributed by atoms with Gasteiger partial charge in [-0.15, -0.1) is 0 Å². The van der Waals surface area contributed by atoms with Crippen LogP contribution in [0.2, 0.25) is 0 Å². The molecule has 2 rings (SSSR count). The average Bonchev–Trinajstić information content (AvgIpc) is 2.92. The van der Waals surface area contributed by atoms with Crippen molar-refractivity contribution in [2.75, 3.05) is 13.1 Å². The lowest BCUT2D eigenvalue weighted by Crippen LogP contribution is -2.45. The number of hydrogen-bond acceptors (Lipinski definition) is 4. The van der Waals surface area contributed by atoms with Gasteiger partial charge in [0.05, 0.1) is 5.92 Å². The summed E-state index contributed by atoms with van der Waals surface area (Å²) in [5.41, 5.74) is 0. The lowest BCUT2D eigenvalue weighted by Gasteiger charge is -2.39. The smallest absolute Gasteiger partial charge is 0.312 e. The number of amides is 2. The second-order valence-corrected chi connectivity index (χ2v) is 7.26. The molecule has 2 fully saturated rings. The summed E-state index contributed by atoms with van der Waals surface area (Å²) in [4.78, 5) is 38.3. The van der Waals surface area contributed by atoms with E-state index in [9.17, 15) is 14.4 Å². The van der Waals surface area contributed by atoms with E-state index in [1.807, 2.05) is 11.8 Å². The fourth-order valence-corrected chi connectivity index (χ4v) is 3.85. The molecular formula is C18H30N2O4. The molecule has 0 unspecified atom stereocenters. The summed E-state index contributed by atoms with van der Waals surface area (Å²) in [7, 11) is 0. The molecule has 1 N–H and O–H groups in total. The molecule has 0 radical (unpaired) electrons. The molecule has 2 aliphatic rings. The van der Waals surface area contributed by atoms with Crippen LogP contribution < -0.4 is 5.32 Å². The Hall–Kier alpha value is -1.59. The summed E-state index contributed by atoms with van der Waals surface area (Å²) in [6.45, 7) is 8.71. The molecule has 0 aromatic carbocycles. The Morgan fingerprint density at radius 2 is 2.04 bits per heavy atom. The van der Waals surface area contributed by atoms with E-state index in [0.717, 1.165) is 12.8 Å². The van der Waals surface area contributed by atoms with E-state index in [1.165, 1.54) is 6.42 Å². The second kappa shape index (κ2) is 7.99. The van der Waals surface area contributed by atoms with E-state index in [0.29, 0.717) is 24.9 Å². The Morgan fingerprint density at radius 1 is 1.33 bits per heavy atom. The molecule has 0 aromatic rings. The lowest BCUT2D eigenvalue weighted by atomic mass is 9.77. The molecule has 0 bridgehead atoms. The molecule has 6 heteroatoms. The van der Waals surface area contributed by atoms with Crippen molar-refractivity contribution in [2.45, 2.75) is 65.5 Å². The van der Waals surface area contributed by atoms with Gasteiger partial charge in [0.25, 0.3) is 5.91 Å². The topological polar surface area (TPSA) is 75.7 Å². The molecule has 24 heavy (non-hydrogen) atoms. The minimum Gasteiger partial charge on any atom is -0.452 e. The van der Waals surface area contributed by atoms with Gasteiger partial charge in [-0.05, 0) is 32.1 Å². The van der Waals surface area contributed by atoms with Crippen LogP contribution >= 0.6 is 0 Å². The summed E-state index contributed by atoms with van der Waals surface area (Å²) >= 11 is 0. The van der Waals surface area contributed by atoms with Crippen LogP contribution in [0.3, 0.4) is 0 Å². The molecule has 1 heterocycles. The van der Waals surface area contributed by atoms with Crippen molar-refractivity contribution in [1.29, 1.82) is 0 Å². The Morgan fingerprint density at radius 3 is 2.71 bits per heavy atom. The van der Waals surface area contributed by atoms with Crippen molar-refractivity contribution in [3.05, 3.63) is 0 Å². The van der Waals surface area contributed by atoms with Crippen molar-refractivity contribution >= 4 is 17.8 Å². The highest BCUT2D eigenvalue weighted by Crippen LogP contribution is 2.35. The number of likely N-dealkylation sites (N-methyl/N-ethyl adjacent to an activating group) is 1. The van der Waals surface area contributed by atoms with Crippen LogP contribution in [0.4, 0.5) is 0 Å². The average molecular weight is 338 g/mol. The Bertz CT molecular complexity index is 493. The first-order valence-electron chi connectivity index (χ1n) is 9.12. The number of carbonyl (C=O) groups is 3. The second-order valence-electron chi connectivity index (χ2n) is 7.26. The fraction of sp³-hybridized carbons (Fsp3) is 0.833. The zero-order valence-electron chi connectivity index (χ0n) is 15.2. The number of nitrogens with zero attached hydrogens (tertiary/aromatic N) is 1. The van der Waals surface area contributed by atoms with Crippen LogP contribution in [-0.2, 0) is 19.1 Å². The number of hydrogen-bond donors (Lipinski definition) is 1. The van der Waals surface area contributed by atoms with Crippen LogP contribution in [-0.4, -0.2) is 47.9 Å². The van der Waals surface area contributed by atoms with Gasteiger partial charge in [0, 0.05) is 25.6 Å². The Labute approximate surface area is 144 Å². The predicted octanol–water partition coefficient (Wildman–Crippen LogP) is 1.73. The quantitative estimate of drug-likeness (QED) is 0.775. The molecule has 5 atom stereocenters. The first-order chi connectivity index (χ1) is 11.3. The summed E-state index contributed by atoms with van der Waals surface area (Å²) in [6.07, 6.45) is 2.71. The van der Waals surface area contributed by atoms with Gasteiger partial charge in [-0.1, -0.05) is 26.7 Å². The number of nitrogens with one attached hydrogen (secondary N) is 1. The third-order valence-corrected chi connectivity index (χ3v) is 5.57. The normalized spacial score (nSPS) is 31.7. The van der Waals surface area contributed by atoms with Crippen LogP contribution in [0.1, 0.15) is 53.4 Å². The SMILES string of the molecule is CCNC(=O)[C@H](C)OC(=O)[C@@H]1CC(=O)N([C@@H]2CCC[C@H](C)[C@@H]2C)C1. The third kappa shape index (κ3) is 4.08. The molecule has 1 aliphatic carbocycles. The molecular weight excluding hydrogens is 308 g/mol. The van der Waals surface area contributed by atoms with Gasteiger partial charge in [-0.2, -0.15) is 0 Å². The molecule has 0 aromatic heterocycles. The minimum absolute atomic E-state index is 0.0357. The summed E-state index contributed by atoms with van der Waals surface area (Å²) in [5, 5.41) is 2.63. The molecule has 1 saturated carbocycles. The first-order valence-corrected chi connectivity index (χ1v) is 9.12.